The number of benzene rings is 3. The highest BCUT2D eigenvalue weighted by atomic mass is 35.5. The number of anilines is 3. The molecule has 4 atom stereocenters. The van der Waals surface area contributed by atoms with Crippen LogP contribution in [0.25, 0.3) is 6.08 Å². The number of methoxy groups -OCH3 is 1. The number of fused-ring (bicyclic) bond motifs is 5. The zero-order valence-corrected chi connectivity index (χ0v) is 20.1. The van der Waals surface area contributed by atoms with E-state index in [2.05, 4.69) is 5.32 Å². The van der Waals surface area contributed by atoms with Gasteiger partial charge in [-0.05, 0) is 60.2 Å². The first-order valence-electron chi connectivity index (χ1n) is 11.6. The van der Waals surface area contributed by atoms with Crippen molar-refractivity contribution in [1.29, 1.82) is 0 Å². The van der Waals surface area contributed by atoms with E-state index in [-0.39, 0.29) is 17.7 Å². The molecule has 3 heterocycles. The third-order valence-corrected chi connectivity index (χ3v) is 7.38. The van der Waals surface area contributed by atoms with E-state index < -0.39 is 23.9 Å². The molecule has 0 spiro atoms. The van der Waals surface area contributed by atoms with Gasteiger partial charge in [0.15, 0.2) is 0 Å². The average Bonchev–Trinajstić information content (AvgIpc) is 3.38. The highest BCUT2D eigenvalue weighted by molar-refractivity contribution is 6.30. The third kappa shape index (κ3) is 3.38. The first kappa shape index (κ1) is 22.4. The molecular formula is C28H22ClN3O4. The molecule has 3 aromatic carbocycles. The minimum atomic E-state index is -0.874. The molecule has 0 bridgehead atoms. The van der Waals surface area contributed by atoms with Crippen molar-refractivity contribution in [2.45, 2.75) is 12.1 Å². The first-order valence-corrected chi connectivity index (χ1v) is 12.0. The summed E-state index contributed by atoms with van der Waals surface area (Å²) in [5.41, 5.74) is 2.79. The Balaban J connectivity index is 1.42. The van der Waals surface area contributed by atoms with Crippen LogP contribution in [0.15, 0.2) is 78.9 Å². The minimum Gasteiger partial charge on any atom is -0.497 e. The SMILES string of the molecule is COc1ccc(N2C(=O)[C@@H]3[C@H](C2=O)[C@@H](C(=O)Nc2ccc(Cl)cc2)N2c4ccccc4C=C[C@@H]32)cc1. The largest absolute Gasteiger partial charge is 0.497 e. The molecule has 36 heavy (non-hydrogen) atoms. The number of carbonyl (C=O) groups is 3. The predicted octanol–water partition coefficient (Wildman–Crippen LogP) is 4.38. The number of imide groups is 1. The smallest absolute Gasteiger partial charge is 0.247 e. The van der Waals surface area contributed by atoms with Gasteiger partial charge < -0.3 is 15.0 Å². The quantitative estimate of drug-likeness (QED) is 0.539. The number of hydrogen-bond acceptors (Lipinski definition) is 5. The summed E-state index contributed by atoms with van der Waals surface area (Å²) in [6, 6.07) is 20.0. The Labute approximate surface area is 212 Å². The molecule has 0 unspecified atom stereocenters. The van der Waals surface area contributed by atoms with Crippen LogP contribution in [0.3, 0.4) is 0 Å². The number of ether oxygens (including phenoxy) is 1. The fraction of sp³-hybridized carbons (Fsp3) is 0.179. The standard InChI is InChI=1S/C28H22ClN3O4/c1-36-20-13-11-19(12-14-20)31-27(34)23-22-15-6-16-4-2-3-5-21(16)32(22)25(24(23)28(31)35)26(33)30-18-9-7-17(29)8-10-18/h2-15,22-25H,1H3,(H,30,33)/t22-,23-,24-,25-/m0/s1. The summed E-state index contributed by atoms with van der Waals surface area (Å²) in [6.07, 6.45) is 3.89. The summed E-state index contributed by atoms with van der Waals surface area (Å²) >= 11 is 6.00. The Kier molecular flexibility index (Phi) is 5.30. The molecule has 180 valence electrons. The van der Waals surface area contributed by atoms with Crippen molar-refractivity contribution in [1.82, 2.24) is 0 Å². The summed E-state index contributed by atoms with van der Waals surface area (Å²) in [6.45, 7) is 0. The second-order valence-corrected chi connectivity index (χ2v) is 9.45. The topological polar surface area (TPSA) is 78.9 Å². The number of para-hydroxylation sites is 1. The van der Waals surface area contributed by atoms with Crippen LogP contribution in [0.1, 0.15) is 5.56 Å². The second kappa shape index (κ2) is 8.53. The molecule has 0 aliphatic carbocycles. The monoisotopic (exact) mass is 499 g/mol. The molecule has 3 amide bonds. The van der Waals surface area contributed by atoms with Crippen LogP contribution in [-0.2, 0) is 14.4 Å². The molecule has 1 N–H and O–H groups in total. The van der Waals surface area contributed by atoms with Crippen molar-refractivity contribution >= 4 is 52.5 Å². The molecule has 3 aromatic rings. The fourth-order valence-electron chi connectivity index (χ4n) is 5.55. The highest BCUT2D eigenvalue weighted by Gasteiger charge is 2.64. The lowest BCUT2D eigenvalue weighted by Gasteiger charge is -2.36. The molecule has 6 rings (SSSR count). The average molecular weight is 500 g/mol. The lowest BCUT2D eigenvalue weighted by molar-refractivity contribution is -0.126. The number of amides is 3. The molecule has 2 fully saturated rings. The van der Waals surface area contributed by atoms with E-state index in [4.69, 9.17) is 16.3 Å². The molecule has 0 radical (unpaired) electrons. The van der Waals surface area contributed by atoms with Gasteiger partial charge in [0.2, 0.25) is 17.7 Å². The Bertz CT molecular complexity index is 1400. The maximum atomic E-state index is 13.8. The van der Waals surface area contributed by atoms with E-state index in [1.807, 2.05) is 41.3 Å². The van der Waals surface area contributed by atoms with Crippen LogP contribution in [0.2, 0.25) is 5.02 Å². The van der Waals surface area contributed by atoms with E-state index >= 15 is 0 Å². The zero-order valence-electron chi connectivity index (χ0n) is 19.3. The molecule has 0 aromatic heterocycles. The van der Waals surface area contributed by atoms with Crippen LogP contribution < -0.4 is 19.9 Å². The maximum absolute atomic E-state index is 13.8. The predicted molar refractivity (Wildman–Crippen MR) is 138 cm³/mol. The van der Waals surface area contributed by atoms with Crippen molar-refractivity contribution in [3.63, 3.8) is 0 Å². The molecule has 0 saturated carbocycles. The number of hydrogen-bond donors (Lipinski definition) is 1. The van der Waals surface area contributed by atoms with Gasteiger partial charge in [0, 0.05) is 16.4 Å². The fourth-order valence-corrected chi connectivity index (χ4v) is 5.67. The molecule has 3 aliphatic heterocycles. The number of nitrogens with one attached hydrogen (secondary N) is 1. The Morgan fingerprint density at radius 2 is 1.61 bits per heavy atom. The third-order valence-electron chi connectivity index (χ3n) is 7.13. The van der Waals surface area contributed by atoms with E-state index in [0.717, 1.165) is 11.3 Å². The zero-order chi connectivity index (χ0) is 25.0. The Morgan fingerprint density at radius 3 is 2.33 bits per heavy atom. The Morgan fingerprint density at radius 1 is 0.917 bits per heavy atom. The van der Waals surface area contributed by atoms with Crippen LogP contribution in [0.5, 0.6) is 5.75 Å². The van der Waals surface area contributed by atoms with Crippen LogP contribution in [0.4, 0.5) is 17.1 Å². The van der Waals surface area contributed by atoms with E-state index in [9.17, 15) is 14.4 Å². The molecular weight excluding hydrogens is 478 g/mol. The second-order valence-electron chi connectivity index (χ2n) is 9.02. The number of nitrogens with zero attached hydrogens (tertiary/aromatic N) is 2. The first-order chi connectivity index (χ1) is 17.5. The maximum Gasteiger partial charge on any atom is 0.247 e. The summed E-state index contributed by atoms with van der Waals surface area (Å²) < 4.78 is 5.21. The van der Waals surface area contributed by atoms with Crippen molar-refractivity contribution < 1.29 is 19.1 Å². The van der Waals surface area contributed by atoms with E-state index in [0.29, 0.717) is 22.1 Å². The van der Waals surface area contributed by atoms with Gasteiger partial charge in [-0.15, -0.1) is 0 Å². The van der Waals surface area contributed by atoms with E-state index in [1.165, 1.54) is 4.90 Å². The van der Waals surface area contributed by atoms with E-state index in [1.54, 1.807) is 55.6 Å². The van der Waals surface area contributed by atoms with Gasteiger partial charge in [0.1, 0.15) is 11.8 Å². The number of halogens is 1. The van der Waals surface area contributed by atoms with Gasteiger partial charge >= 0.3 is 0 Å². The Hall–Kier alpha value is -4.10. The molecule has 8 heteroatoms. The van der Waals surface area contributed by atoms with Gasteiger partial charge in [-0.2, -0.15) is 0 Å². The summed E-state index contributed by atoms with van der Waals surface area (Å²) in [7, 11) is 1.55. The number of carbonyl (C=O) groups excluding carboxylic acids is 3. The van der Waals surface area contributed by atoms with Gasteiger partial charge in [-0.1, -0.05) is 42.0 Å². The van der Waals surface area contributed by atoms with Crippen molar-refractivity contribution in [2.24, 2.45) is 11.8 Å². The van der Waals surface area contributed by atoms with Crippen molar-refractivity contribution in [3.05, 3.63) is 89.5 Å². The van der Waals surface area contributed by atoms with Gasteiger partial charge in [0.25, 0.3) is 0 Å². The van der Waals surface area contributed by atoms with Gasteiger partial charge in [0.05, 0.1) is 30.7 Å². The summed E-state index contributed by atoms with van der Waals surface area (Å²) in [5, 5.41) is 3.48. The molecule has 2 saturated heterocycles. The lowest BCUT2D eigenvalue weighted by Crippen LogP contribution is -2.50. The lowest BCUT2D eigenvalue weighted by atomic mass is 9.88. The number of rotatable bonds is 4. The van der Waals surface area contributed by atoms with Crippen LogP contribution in [0, 0.1) is 11.8 Å². The van der Waals surface area contributed by atoms with Crippen LogP contribution in [-0.4, -0.2) is 36.9 Å². The molecule has 7 nitrogen and oxygen atoms in total. The van der Waals surface area contributed by atoms with Crippen LogP contribution >= 0.6 is 11.6 Å². The summed E-state index contributed by atoms with van der Waals surface area (Å²) in [5.74, 6) is -1.95. The highest BCUT2D eigenvalue weighted by Crippen LogP contribution is 2.49. The molecule has 3 aliphatic rings. The normalized spacial score (nSPS) is 23.8. The van der Waals surface area contributed by atoms with Crippen molar-refractivity contribution in [3.8, 4) is 5.75 Å². The van der Waals surface area contributed by atoms with Gasteiger partial charge in [-0.25, -0.2) is 4.90 Å². The van der Waals surface area contributed by atoms with Gasteiger partial charge in [-0.3, -0.25) is 14.4 Å². The van der Waals surface area contributed by atoms with Crippen molar-refractivity contribution in [2.75, 3.05) is 22.2 Å². The summed E-state index contributed by atoms with van der Waals surface area (Å²) in [4.78, 5) is 44.5. The minimum absolute atomic E-state index is 0.309.